The van der Waals surface area contributed by atoms with Crippen LogP contribution in [0.3, 0.4) is 0 Å². The fraction of sp³-hybridized carbons (Fsp3) is 0.400. The summed E-state index contributed by atoms with van der Waals surface area (Å²) in [7, 11) is 1.67. The molecule has 0 heterocycles. The average molecular weight is 199 g/mol. The van der Waals surface area contributed by atoms with Crippen molar-refractivity contribution in [3.05, 3.63) is 29.1 Å². The third-order valence-corrected chi connectivity index (χ3v) is 2.05. The molecule has 1 unspecified atom stereocenters. The maximum absolute atomic E-state index is 13.0. The fourth-order valence-corrected chi connectivity index (χ4v) is 1.32. The second-order valence-electron chi connectivity index (χ2n) is 3.23. The van der Waals surface area contributed by atoms with Gasteiger partial charge in [-0.1, -0.05) is 0 Å². The van der Waals surface area contributed by atoms with Gasteiger partial charge in [0, 0.05) is 12.1 Å². The largest absolute Gasteiger partial charge is 0.507 e. The number of nitrogens with one attached hydrogen (secondary N) is 1. The first-order chi connectivity index (χ1) is 6.56. The molecular formula is C10H14FNO2. The summed E-state index contributed by atoms with van der Waals surface area (Å²) in [6, 6.07) is 2.37. The van der Waals surface area contributed by atoms with E-state index in [1.807, 2.05) is 0 Å². The zero-order valence-electron chi connectivity index (χ0n) is 8.21. The molecule has 1 aromatic carbocycles. The van der Waals surface area contributed by atoms with Crippen LogP contribution in [0.5, 0.6) is 5.75 Å². The van der Waals surface area contributed by atoms with Crippen molar-refractivity contribution in [3.63, 3.8) is 0 Å². The number of phenols is 1. The number of hydrogen-bond acceptors (Lipinski definition) is 3. The maximum Gasteiger partial charge on any atom is 0.124 e. The first-order valence-corrected chi connectivity index (χ1v) is 4.38. The normalized spacial score (nSPS) is 12.9. The molecule has 3 N–H and O–H groups in total. The third-order valence-electron chi connectivity index (χ3n) is 2.05. The van der Waals surface area contributed by atoms with E-state index >= 15 is 0 Å². The van der Waals surface area contributed by atoms with Crippen LogP contribution in [0.25, 0.3) is 0 Å². The second-order valence-corrected chi connectivity index (χ2v) is 3.23. The van der Waals surface area contributed by atoms with Gasteiger partial charge in [-0.25, -0.2) is 4.39 Å². The Balaban J connectivity index is 3.07. The summed E-state index contributed by atoms with van der Waals surface area (Å²) in [6.45, 7) is 1.87. The lowest BCUT2D eigenvalue weighted by Crippen LogP contribution is -2.17. The van der Waals surface area contributed by atoms with Crippen LogP contribution < -0.4 is 5.32 Å². The number of hydrogen-bond donors (Lipinski definition) is 3. The number of benzene rings is 1. The number of aryl methyl sites for hydroxylation is 1. The standard InChI is InChI=1S/C10H14FNO2/c1-6-3-7(11)4-8(10(6)14)9(13)5-12-2/h3-4,9,12-14H,5H2,1-2H3. The van der Waals surface area contributed by atoms with Crippen molar-refractivity contribution in [1.82, 2.24) is 5.32 Å². The molecule has 14 heavy (non-hydrogen) atoms. The Morgan fingerprint density at radius 2 is 2.14 bits per heavy atom. The van der Waals surface area contributed by atoms with Crippen molar-refractivity contribution in [1.29, 1.82) is 0 Å². The topological polar surface area (TPSA) is 52.5 Å². The van der Waals surface area contributed by atoms with Gasteiger partial charge in [-0.15, -0.1) is 0 Å². The molecule has 0 spiro atoms. The fourth-order valence-electron chi connectivity index (χ4n) is 1.32. The number of rotatable bonds is 3. The maximum atomic E-state index is 13.0. The lowest BCUT2D eigenvalue weighted by Gasteiger charge is -2.13. The first-order valence-electron chi connectivity index (χ1n) is 4.38. The molecule has 0 aliphatic heterocycles. The van der Waals surface area contributed by atoms with Gasteiger partial charge in [0.1, 0.15) is 11.6 Å². The minimum Gasteiger partial charge on any atom is -0.507 e. The van der Waals surface area contributed by atoms with Gasteiger partial charge < -0.3 is 15.5 Å². The number of aromatic hydroxyl groups is 1. The predicted octanol–water partition coefficient (Wildman–Crippen LogP) is 1.09. The van der Waals surface area contributed by atoms with Gasteiger partial charge in [0.2, 0.25) is 0 Å². The van der Waals surface area contributed by atoms with E-state index in [1.165, 1.54) is 6.07 Å². The number of aliphatic hydroxyl groups is 1. The van der Waals surface area contributed by atoms with E-state index in [0.717, 1.165) is 6.07 Å². The number of likely N-dealkylation sites (N-methyl/N-ethyl adjacent to an activating group) is 1. The van der Waals surface area contributed by atoms with Crippen molar-refractivity contribution >= 4 is 0 Å². The quantitative estimate of drug-likeness (QED) is 0.683. The Labute approximate surface area is 82.2 Å². The molecule has 78 valence electrons. The number of phenolic OH excluding ortho intramolecular Hbond substituents is 1. The van der Waals surface area contributed by atoms with Crippen molar-refractivity contribution in [3.8, 4) is 5.75 Å². The highest BCUT2D eigenvalue weighted by molar-refractivity contribution is 5.41. The zero-order chi connectivity index (χ0) is 10.7. The van der Waals surface area contributed by atoms with Crippen LogP contribution >= 0.6 is 0 Å². The molecule has 3 nitrogen and oxygen atoms in total. The zero-order valence-corrected chi connectivity index (χ0v) is 8.21. The molecule has 0 saturated carbocycles. The molecule has 0 aromatic heterocycles. The summed E-state index contributed by atoms with van der Waals surface area (Å²) in [5.74, 6) is -0.500. The van der Waals surface area contributed by atoms with E-state index in [4.69, 9.17) is 0 Å². The predicted molar refractivity (Wildman–Crippen MR) is 51.7 cm³/mol. The summed E-state index contributed by atoms with van der Waals surface area (Å²) in [5.41, 5.74) is 0.645. The molecule has 4 heteroatoms. The Morgan fingerprint density at radius 1 is 1.50 bits per heavy atom. The van der Waals surface area contributed by atoms with Crippen molar-refractivity contribution < 1.29 is 14.6 Å². The van der Waals surface area contributed by atoms with Crippen LogP contribution in [0.1, 0.15) is 17.2 Å². The monoisotopic (exact) mass is 199 g/mol. The summed E-state index contributed by atoms with van der Waals surface area (Å²) >= 11 is 0. The van der Waals surface area contributed by atoms with Crippen molar-refractivity contribution in [2.45, 2.75) is 13.0 Å². The smallest absolute Gasteiger partial charge is 0.124 e. The molecule has 1 rings (SSSR count). The van der Waals surface area contributed by atoms with Crippen LogP contribution in [-0.2, 0) is 0 Å². The molecule has 0 aliphatic rings. The highest BCUT2D eigenvalue weighted by Gasteiger charge is 2.14. The van der Waals surface area contributed by atoms with Crippen molar-refractivity contribution in [2.24, 2.45) is 0 Å². The molecule has 1 aromatic rings. The van der Waals surface area contributed by atoms with Gasteiger partial charge in [0.25, 0.3) is 0 Å². The summed E-state index contributed by atoms with van der Waals surface area (Å²) < 4.78 is 13.0. The highest BCUT2D eigenvalue weighted by atomic mass is 19.1. The van der Waals surface area contributed by atoms with E-state index in [-0.39, 0.29) is 17.9 Å². The van der Waals surface area contributed by atoms with E-state index in [0.29, 0.717) is 5.56 Å². The minimum atomic E-state index is -0.894. The van der Waals surface area contributed by atoms with Gasteiger partial charge in [0.05, 0.1) is 6.10 Å². The van der Waals surface area contributed by atoms with Gasteiger partial charge in [-0.2, -0.15) is 0 Å². The molecule has 1 atom stereocenters. The Kier molecular flexibility index (Phi) is 3.43. The van der Waals surface area contributed by atoms with Crippen LogP contribution in [0.2, 0.25) is 0 Å². The third kappa shape index (κ3) is 2.21. The Hall–Kier alpha value is -1.13. The molecular weight excluding hydrogens is 185 g/mol. The summed E-state index contributed by atoms with van der Waals surface area (Å²) in [4.78, 5) is 0. The number of aliphatic hydroxyl groups excluding tert-OH is 1. The lowest BCUT2D eigenvalue weighted by molar-refractivity contribution is 0.173. The second kappa shape index (κ2) is 4.39. The SMILES string of the molecule is CNCC(O)c1cc(F)cc(C)c1O. The Bertz CT molecular complexity index is 328. The van der Waals surface area contributed by atoms with Gasteiger partial charge >= 0.3 is 0 Å². The van der Waals surface area contributed by atoms with E-state index in [1.54, 1.807) is 14.0 Å². The molecule has 0 fully saturated rings. The van der Waals surface area contributed by atoms with E-state index in [2.05, 4.69) is 5.32 Å². The van der Waals surface area contributed by atoms with E-state index in [9.17, 15) is 14.6 Å². The minimum absolute atomic E-state index is 0.0471. The van der Waals surface area contributed by atoms with Crippen molar-refractivity contribution in [2.75, 3.05) is 13.6 Å². The van der Waals surface area contributed by atoms with Crippen LogP contribution in [0, 0.1) is 12.7 Å². The van der Waals surface area contributed by atoms with Gasteiger partial charge in [-0.3, -0.25) is 0 Å². The molecule has 0 bridgehead atoms. The van der Waals surface area contributed by atoms with Crippen LogP contribution in [-0.4, -0.2) is 23.8 Å². The first kappa shape index (κ1) is 10.9. The van der Waals surface area contributed by atoms with Crippen LogP contribution in [0.4, 0.5) is 4.39 Å². The Morgan fingerprint density at radius 3 is 2.71 bits per heavy atom. The average Bonchev–Trinajstić information content (AvgIpc) is 2.11. The highest BCUT2D eigenvalue weighted by Crippen LogP contribution is 2.28. The molecule has 0 radical (unpaired) electrons. The van der Waals surface area contributed by atoms with Gasteiger partial charge in [-0.05, 0) is 31.7 Å². The molecule has 0 aliphatic carbocycles. The number of halogens is 1. The van der Waals surface area contributed by atoms with Crippen LogP contribution in [0.15, 0.2) is 12.1 Å². The van der Waals surface area contributed by atoms with E-state index < -0.39 is 11.9 Å². The molecule has 0 amide bonds. The molecule has 0 saturated heterocycles. The summed E-state index contributed by atoms with van der Waals surface area (Å²) in [6.07, 6.45) is -0.894. The lowest BCUT2D eigenvalue weighted by atomic mass is 10.0. The van der Waals surface area contributed by atoms with Gasteiger partial charge in [0.15, 0.2) is 0 Å². The summed E-state index contributed by atoms with van der Waals surface area (Å²) in [5, 5.41) is 21.9.